The summed E-state index contributed by atoms with van der Waals surface area (Å²) in [6.07, 6.45) is 2.83. The van der Waals surface area contributed by atoms with Crippen LogP contribution in [-0.4, -0.2) is 22.1 Å². The molecule has 0 radical (unpaired) electrons. The van der Waals surface area contributed by atoms with Crippen LogP contribution in [0.15, 0.2) is 18.3 Å². The van der Waals surface area contributed by atoms with Gasteiger partial charge in [-0.25, -0.2) is 4.39 Å². The molecule has 0 bridgehead atoms. The smallest absolute Gasteiger partial charge is 0.220 e. The third kappa shape index (κ3) is 5.23. The van der Waals surface area contributed by atoms with Gasteiger partial charge in [-0.2, -0.15) is 0 Å². The van der Waals surface area contributed by atoms with Crippen molar-refractivity contribution < 1.29 is 14.3 Å². The lowest BCUT2D eigenvalue weighted by Crippen LogP contribution is -2.25. The molecule has 0 spiro atoms. The number of aliphatic hydroxyl groups excluding tert-OH is 1. The third-order valence-corrected chi connectivity index (χ3v) is 2.95. The van der Waals surface area contributed by atoms with E-state index in [0.717, 1.165) is 25.0 Å². The zero-order valence-electron chi connectivity index (χ0n) is 10.5. The van der Waals surface area contributed by atoms with E-state index in [4.69, 9.17) is 5.73 Å². The molecule has 0 unspecified atom stereocenters. The van der Waals surface area contributed by atoms with Crippen molar-refractivity contribution in [3.8, 4) is 0 Å². The summed E-state index contributed by atoms with van der Waals surface area (Å²) in [6.45, 7) is 1.88. The molecule has 0 aliphatic heterocycles. The molecule has 5 heteroatoms. The predicted octanol–water partition coefficient (Wildman–Crippen LogP) is 1.42. The van der Waals surface area contributed by atoms with Gasteiger partial charge < -0.3 is 10.8 Å². The van der Waals surface area contributed by atoms with Gasteiger partial charge >= 0.3 is 0 Å². The molecule has 0 aromatic carbocycles. The maximum atomic E-state index is 12.6. The molecule has 4 nitrogen and oxygen atoms in total. The molecule has 1 rings (SSSR count). The highest BCUT2D eigenvalue weighted by atomic mass is 19.1. The molecular formula is C13H19FN2O2. The van der Waals surface area contributed by atoms with Gasteiger partial charge in [-0.3, -0.25) is 9.78 Å². The Morgan fingerprint density at radius 3 is 2.83 bits per heavy atom. The Morgan fingerprint density at radius 2 is 2.28 bits per heavy atom. The van der Waals surface area contributed by atoms with Gasteiger partial charge in [0.25, 0.3) is 0 Å². The number of primary amides is 1. The second-order valence-corrected chi connectivity index (χ2v) is 4.58. The van der Waals surface area contributed by atoms with E-state index in [1.807, 2.05) is 6.92 Å². The molecule has 0 aliphatic carbocycles. The van der Waals surface area contributed by atoms with Crippen LogP contribution in [0.5, 0.6) is 0 Å². The second kappa shape index (κ2) is 7.06. The lowest BCUT2D eigenvalue weighted by atomic mass is 9.95. The van der Waals surface area contributed by atoms with Crippen molar-refractivity contribution in [1.82, 2.24) is 4.98 Å². The van der Waals surface area contributed by atoms with Crippen molar-refractivity contribution in [2.24, 2.45) is 11.7 Å². The number of carbonyl (C=O) groups excluding carboxylic acids is 1. The molecule has 0 saturated carbocycles. The number of pyridine rings is 1. The Bertz CT molecular complexity index is 381. The minimum absolute atomic E-state index is 0.00400. The fourth-order valence-corrected chi connectivity index (χ4v) is 1.76. The molecule has 2 atom stereocenters. The van der Waals surface area contributed by atoms with Crippen molar-refractivity contribution in [3.05, 3.63) is 29.8 Å². The highest BCUT2D eigenvalue weighted by Crippen LogP contribution is 2.15. The minimum atomic E-state index is -0.691. The summed E-state index contributed by atoms with van der Waals surface area (Å²) in [5, 5.41) is 9.66. The minimum Gasteiger partial charge on any atom is -0.392 e. The fraction of sp³-hybridized carbons (Fsp3) is 0.538. The van der Waals surface area contributed by atoms with Crippen molar-refractivity contribution in [2.75, 3.05) is 0 Å². The van der Waals surface area contributed by atoms with Crippen LogP contribution in [0.25, 0.3) is 0 Å². The molecule has 0 aliphatic rings. The highest BCUT2D eigenvalue weighted by Gasteiger charge is 2.16. The Labute approximate surface area is 106 Å². The van der Waals surface area contributed by atoms with E-state index < -0.39 is 12.0 Å². The molecule has 1 aromatic rings. The largest absolute Gasteiger partial charge is 0.392 e. The molecule has 3 N–H and O–H groups in total. The van der Waals surface area contributed by atoms with Crippen LogP contribution >= 0.6 is 0 Å². The third-order valence-electron chi connectivity index (χ3n) is 2.95. The summed E-state index contributed by atoms with van der Waals surface area (Å²) >= 11 is 0. The van der Waals surface area contributed by atoms with Crippen LogP contribution in [0.1, 0.15) is 31.9 Å². The Kier molecular flexibility index (Phi) is 5.71. The SMILES string of the molecule is C[C@H](CCCc1ccc(F)cn1)[C@@H](O)CC(N)=O. The van der Waals surface area contributed by atoms with Gasteiger partial charge in [0, 0.05) is 5.69 Å². The van der Waals surface area contributed by atoms with E-state index in [0.29, 0.717) is 0 Å². The number of halogens is 1. The number of carbonyl (C=O) groups is 1. The van der Waals surface area contributed by atoms with Crippen LogP contribution < -0.4 is 5.73 Å². The molecule has 1 heterocycles. The molecular weight excluding hydrogens is 235 g/mol. The standard InChI is InChI=1S/C13H19FN2O2/c1-9(12(17)7-13(15)18)3-2-4-11-6-5-10(14)8-16-11/h5-6,8-9,12,17H,2-4,7H2,1H3,(H2,15,18)/t9-,12+/m1/s1. The van der Waals surface area contributed by atoms with Gasteiger partial charge in [-0.1, -0.05) is 6.92 Å². The summed E-state index contributed by atoms with van der Waals surface area (Å²) in [5.41, 5.74) is 5.85. The second-order valence-electron chi connectivity index (χ2n) is 4.58. The van der Waals surface area contributed by atoms with Crippen molar-refractivity contribution in [3.63, 3.8) is 0 Å². The van der Waals surface area contributed by atoms with Crippen LogP contribution in [0, 0.1) is 11.7 Å². The summed E-state index contributed by atoms with van der Waals surface area (Å²) in [4.78, 5) is 14.6. The molecule has 0 saturated heterocycles. The lowest BCUT2D eigenvalue weighted by molar-refractivity contribution is -0.120. The molecule has 18 heavy (non-hydrogen) atoms. The molecule has 1 aromatic heterocycles. The van der Waals surface area contributed by atoms with Crippen LogP contribution in [-0.2, 0) is 11.2 Å². The summed E-state index contributed by atoms with van der Waals surface area (Å²) in [7, 11) is 0. The maximum Gasteiger partial charge on any atom is 0.220 e. The van der Waals surface area contributed by atoms with Crippen molar-refractivity contribution in [2.45, 2.75) is 38.7 Å². The van der Waals surface area contributed by atoms with Gasteiger partial charge in [0.2, 0.25) is 5.91 Å². The highest BCUT2D eigenvalue weighted by molar-refractivity contribution is 5.74. The number of nitrogens with zero attached hydrogens (tertiary/aromatic N) is 1. The summed E-state index contributed by atoms with van der Waals surface area (Å²) in [5.74, 6) is -0.823. The van der Waals surface area contributed by atoms with Crippen LogP contribution in [0.3, 0.4) is 0 Å². The Morgan fingerprint density at radius 1 is 1.56 bits per heavy atom. The van der Waals surface area contributed by atoms with Gasteiger partial charge in [0.15, 0.2) is 0 Å². The Hall–Kier alpha value is -1.49. The average molecular weight is 254 g/mol. The number of aromatic nitrogens is 1. The number of hydrogen-bond acceptors (Lipinski definition) is 3. The monoisotopic (exact) mass is 254 g/mol. The predicted molar refractivity (Wildman–Crippen MR) is 66.1 cm³/mol. The molecule has 0 fully saturated rings. The van der Waals surface area contributed by atoms with Crippen LogP contribution in [0.2, 0.25) is 0 Å². The van der Waals surface area contributed by atoms with Crippen molar-refractivity contribution in [1.29, 1.82) is 0 Å². The number of hydrogen-bond donors (Lipinski definition) is 2. The van der Waals surface area contributed by atoms with Gasteiger partial charge in [0.1, 0.15) is 5.82 Å². The molecule has 1 amide bonds. The average Bonchev–Trinajstić information content (AvgIpc) is 2.30. The van der Waals surface area contributed by atoms with Gasteiger partial charge in [-0.05, 0) is 37.3 Å². The number of amides is 1. The normalized spacial score (nSPS) is 14.2. The van der Waals surface area contributed by atoms with E-state index in [-0.39, 0.29) is 18.2 Å². The maximum absolute atomic E-state index is 12.6. The van der Waals surface area contributed by atoms with Gasteiger partial charge in [-0.15, -0.1) is 0 Å². The quantitative estimate of drug-likeness (QED) is 0.772. The van der Waals surface area contributed by atoms with E-state index in [1.165, 1.54) is 12.3 Å². The first-order chi connectivity index (χ1) is 8.49. The van der Waals surface area contributed by atoms with E-state index in [9.17, 15) is 14.3 Å². The first-order valence-corrected chi connectivity index (χ1v) is 6.06. The fourth-order valence-electron chi connectivity index (χ4n) is 1.76. The zero-order valence-corrected chi connectivity index (χ0v) is 10.5. The Balaban J connectivity index is 2.28. The molecule has 100 valence electrons. The zero-order chi connectivity index (χ0) is 13.5. The van der Waals surface area contributed by atoms with E-state index in [2.05, 4.69) is 4.98 Å². The van der Waals surface area contributed by atoms with Crippen LogP contribution in [0.4, 0.5) is 4.39 Å². The first kappa shape index (κ1) is 14.6. The number of aryl methyl sites for hydroxylation is 1. The number of aliphatic hydroxyl groups is 1. The van der Waals surface area contributed by atoms with E-state index in [1.54, 1.807) is 6.07 Å². The summed E-state index contributed by atoms with van der Waals surface area (Å²) in [6, 6.07) is 3.04. The topological polar surface area (TPSA) is 76.2 Å². The van der Waals surface area contributed by atoms with Gasteiger partial charge in [0.05, 0.1) is 18.7 Å². The first-order valence-electron chi connectivity index (χ1n) is 6.06. The number of nitrogens with two attached hydrogens (primary N) is 1. The summed E-state index contributed by atoms with van der Waals surface area (Å²) < 4.78 is 12.6. The van der Waals surface area contributed by atoms with Crippen molar-refractivity contribution >= 4 is 5.91 Å². The number of rotatable bonds is 7. The lowest BCUT2D eigenvalue weighted by Gasteiger charge is -2.17. The van der Waals surface area contributed by atoms with E-state index >= 15 is 0 Å².